The summed E-state index contributed by atoms with van der Waals surface area (Å²) in [4.78, 5) is 0. The second-order valence-corrected chi connectivity index (χ2v) is 4.52. The topological polar surface area (TPSA) is 21.3 Å². The number of rotatable bonds is 1. The van der Waals surface area contributed by atoms with Crippen LogP contribution in [0.4, 0.5) is 0 Å². The highest BCUT2D eigenvalue weighted by molar-refractivity contribution is 9.10. The average Bonchev–Trinajstić information content (AvgIpc) is 2.19. The van der Waals surface area contributed by atoms with Crippen molar-refractivity contribution in [2.75, 3.05) is 19.7 Å². The molecule has 0 aromatic heterocycles. The molecule has 1 aliphatic rings. The molecule has 14 heavy (non-hydrogen) atoms. The van der Waals surface area contributed by atoms with Gasteiger partial charge in [0.05, 0.1) is 12.7 Å². The highest BCUT2D eigenvalue weighted by atomic mass is 79.9. The number of hydrogen-bond acceptors (Lipinski definition) is 2. The number of benzene rings is 1. The van der Waals surface area contributed by atoms with Gasteiger partial charge >= 0.3 is 0 Å². The number of ether oxygens (including phenoxy) is 1. The van der Waals surface area contributed by atoms with Crippen LogP contribution in [0.5, 0.6) is 0 Å². The molecular weight excluding hydrogens is 265 g/mol. The third kappa shape index (κ3) is 2.28. The average molecular weight is 277 g/mol. The van der Waals surface area contributed by atoms with E-state index < -0.39 is 0 Å². The lowest BCUT2D eigenvalue weighted by molar-refractivity contribution is 0.0273. The Labute approximate surface area is 96.7 Å². The lowest BCUT2D eigenvalue weighted by Gasteiger charge is -2.24. The maximum Gasteiger partial charge on any atom is 0.0960 e. The zero-order chi connectivity index (χ0) is 9.97. The molecular formula is C10H11BrClNO. The summed E-state index contributed by atoms with van der Waals surface area (Å²) in [5.41, 5.74) is 1.15. The summed E-state index contributed by atoms with van der Waals surface area (Å²) in [5, 5.41) is 4.04. The third-order valence-electron chi connectivity index (χ3n) is 2.24. The molecule has 1 unspecified atom stereocenters. The van der Waals surface area contributed by atoms with Gasteiger partial charge in [-0.05, 0) is 17.7 Å². The highest BCUT2D eigenvalue weighted by Crippen LogP contribution is 2.29. The second-order valence-electron chi connectivity index (χ2n) is 3.23. The standard InChI is InChI=1S/C10H11BrClNO/c11-9-5-7(12)1-2-8(9)10-6-13-3-4-14-10/h1-2,5,10,13H,3-4,6H2. The van der Waals surface area contributed by atoms with E-state index in [0.717, 1.165) is 34.8 Å². The molecule has 2 nitrogen and oxygen atoms in total. The molecule has 1 saturated heterocycles. The van der Waals surface area contributed by atoms with Crippen LogP contribution < -0.4 is 5.32 Å². The molecule has 1 aromatic carbocycles. The SMILES string of the molecule is Clc1ccc(C2CNCCO2)c(Br)c1. The molecule has 0 saturated carbocycles. The van der Waals surface area contributed by atoms with Crippen LogP contribution in [0.15, 0.2) is 22.7 Å². The molecule has 0 amide bonds. The molecule has 1 aromatic rings. The van der Waals surface area contributed by atoms with E-state index in [1.54, 1.807) is 0 Å². The normalized spacial score (nSPS) is 22.3. The van der Waals surface area contributed by atoms with Crippen LogP contribution >= 0.6 is 27.5 Å². The fourth-order valence-corrected chi connectivity index (χ4v) is 2.47. The van der Waals surface area contributed by atoms with Gasteiger partial charge in [-0.25, -0.2) is 0 Å². The van der Waals surface area contributed by atoms with Gasteiger partial charge in [-0.3, -0.25) is 0 Å². The van der Waals surface area contributed by atoms with E-state index in [9.17, 15) is 0 Å². The molecule has 1 fully saturated rings. The molecule has 0 bridgehead atoms. The van der Waals surface area contributed by atoms with E-state index in [-0.39, 0.29) is 6.10 Å². The van der Waals surface area contributed by atoms with Crippen molar-refractivity contribution in [3.05, 3.63) is 33.3 Å². The molecule has 1 aliphatic heterocycles. The number of hydrogen-bond donors (Lipinski definition) is 1. The molecule has 0 radical (unpaired) electrons. The fraction of sp³-hybridized carbons (Fsp3) is 0.400. The summed E-state index contributed by atoms with van der Waals surface area (Å²) in [6.45, 7) is 2.56. The first-order valence-corrected chi connectivity index (χ1v) is 5.72. The maximum atomic E-state index is 5.87. The van der Waals surface area contributed by atoms with Crippen LogP contribution in [0.1, 0.15) is 11.7 Å². The Hall–Kier alpha value is -0.0900. The van der Waals surface area contributed by atoms with Gasteiger partial charge in [0.1, 0.15) is 0 Å². The Morgan fingerprint density at radius 2 is 2.36 bits per heavy atom. The summed E-state index contributed by atoms with van der Waals surface area (Å²) in [5.74, 6) is 0. The van der Waals surface area contributed by atoms with Crippen molar-refractivity contribution in [1.82, 2.24) is 5.32 Å². The molecule has 0 aliphatic carbocycles. The first kappa shape index (κ1) is 10.4. The summed E-state index contributed by atoms with van der Waals surface area (Å²) >= 11 is 9.36. The second kappa shape index (κ2) is 4.62. The summed E-state index contributed by atoms with van der Waals surface area (Å²) < 4.78 is 6.66. The van der Waals surface area contributed by atoms with Crippen molar-refractivity contribution in [3.8, 4) is 0 Å². The van der Waals surface area contributed by atoms with Crippen LogP contribution in [0.3, 0.4) is 0 Å². The number of morpholine rings is 1. The van der Waals surface area contributed by atoms with Gasteiger partial charge in [0.15, 0.2) is 0 Å². The van der Waals surface area contributed by atoms with E-state index in [1.165, 1.54) is 0 Å². The Kier molecular flexibility index (Phi) is 3.44. The Balaban J connectivity index is 2.22. The van der Waals surface area contributed by atoms with Crippen LogP contribution in [0, 0.1) is 0 Å². The number of halogens is 2. The van der Waals surface area contributed by atoms with E-state index in [2.05, 4.69) is 21.2 Å². The van der Waals surface area contributed by atoms with E-state index >= 15 is 0 Å². The van der Waals surface area contributed by atoms with Gasteiger partial charge in [0.2, 0.25) is 0 Å². The van der Waals surface area contributed by atoms with Gasteiger partial charge in [-0.15, -0.1) is 0 Å². The van der Waals surface area contributed by atoms with Crippen LogP contribution in [0.25, 0.3) is 0 Å². The lowest BCUT2D eigenvalue weighted by atomic mass is 10.1. The van der Waals surface area contributed by atoms with Crippen LogP contribution in [0.2, 0.25) is 5.02 Å². The Morgan fingerprint density at radius 1 is 1.50 bits per heavy atom. The first-order valence-electron chi connectivity index (χ1n) is 4.54. The smallest absolute Gasteiger partial charge is 0.0960 e. The molecule has 0 spiro atoms. The molecule has 76 valence electrons. The minimum atomic E-state index is 0.135. The molecule has 1 N–H and O–H groups in total. The lowest BCUT2D eigenvalue weighted by Crippen LogP contribution is -2.33. The maximum absolute atomic E-state index is 5.87. The summed E-state index contributed by atoms with van der Waals surface area (Å²) in [7, 11) is 0. The zero-order valence-corrected chi connectivity index (χ0v) is 9.94. The van der Waals surface area contributed by atoms with Gasteiger partial charge < -0.3 is 10.1 Å². The van der Waals surface area contributed by atoms with Gasteiger partial charge in [0.25, 0.3) is 0 Å². The monoisotopic (exact) mass is 275 g/mol. The van der Waals surface area contributed by atoms with Crippen molar-refractivity contribution in [2.45, 2.75) is 6.10 Å². The predicted molar refractivity (Wildman–Crippen MR) is 60.7 cm³/mol. The van der Waals surface area contributed by atoms with Crippen molar-refractivity contribution in [1.29, 1.82) is 0 Å². The molecule has 1 atom stereocenters. The molecule has 4 heteroatoms. The largest absolute Gasteiger partial charge is 0.371 e. The minimum Gasteiger partial charge on any atom is -0.371 e. The quantitative estimate of drug-likeness (QED) is 0.852. The van der Waals surface area contributed by atoms with E-state index in [1.807, 2.05) is 18.2 Å². The van der Waals surface area contributed by atoms with E-state index in [4.69, 9.17) is 16.3 Å². The van der Waals surface area contributed by atoms with Crippen molar-refractivity contribution in [2.24, 2.45) is 0 Å². The van der Waals surface area contributed by atoms with Crippen LogP contribution in [-0.4, -0.2) is 19.7 Å². The van der Waals surface area contributed by atoms with Crippen LogP contribution in [-0.2, 0) is 4.74 Å². The van der Waals surface area contributed by atoms with Crippen molar-refractivity contribution >= 4 is 27.5 Å². The third-order valence-corrected chi connectivity index (χ3v) is 3.16. The zero-order valence-electron chi connectivity index (χ0n) is 7.59. The Morgan fingerprint density at radius 3 is 3.00 bits per heavy atom. The Bertz CT molecular complexity index is 326. The molecule has 1 heterocycles. The highest BCUT2D eigenvalue weighted by Gasteiger charge is 2.17. The summed E-state index contributed by atoms with van der Waals surface area (Å²) in [6, 6.07) is 5.79. The van der Waals surface area contributed by atoms with Crippen molar-refractivity contribution < 1.29 is 4.74 Å². The molecule has 2 rings (SSSR count). The fourth-order valence-electron chi connectivity index (χ4n) is 1.53. The van der Waals surface area contributed by atoms with Crippen molar-refractivity contribution in [3.63, 3.8) is 0 Å². The van der Waals surface area contributed by atoms with Gasteiger partial charge in [-0.2, -0.15) is 0 Å². The first-order chi connectivity index (χ1) is 6.77. The summed E-state index contributed by atoms with van der Waals surface area (Å²) in [6.07, 6.45) is 0.135. The van der Waals surface area contributed by atoms with Gasteiger partial charge in [0, 0.05) is 22.6 Å². The van der Waals surface area contributed by atoms with E-state index in [0.29, 0.717) is 0 Å². The van der Waals surface area contributed by atoms with Gasteiger partial charge in [-0.1, -0.05) is 33.6 Å². The number of nitrogens with one attached hydrogen (secondary N) is 1. The predicted octanol–water partition coefficient (Wildman–Crippen LogP) is 2.76. The minimum absolute atomic E-state index is 0.135.